The Labute approximate surface area is 166 Å². The van der Waals surface area contributed by atoms with Crippen molar-refractivity contribution in [3.8, 4) is 0 Å². The van der Waals surface area contributed by atoms with Gasteiger partial charge >= 0.3 is 5.97 Å². The van der Waals surface area contributed by atoms with Crippen LogP contribution < -0.4 is 11.3 Å². The van der Waals surface area contributed by atoms with Gasteiger partial charge in [0.2, 0.25) is 0 Å². The number of carbonyl (C=O) groups excluding carboxylic acids is 1. The van der Waals surface area contributed by atoms with Crippen LogP contribution in [0.25, 0.3) is 10.8 Å². The number of nitrogens with one attached hydrogen (secondary N) is 1. The van der Waals surface area contributed by atoms with E-state index in [4.69, 9.17) is 10.6 Å². The fourth-order valence-corrected chi connectivity index (χ4v) is 3.48. The number of nitrogens with two attached hydrogens (primary N) is 1. The minimum absolute atomic E-state index is 0.119. The van der Waals surface area contributed by atoms with Gasteiger partial charge in [-0.15, -0.1) is 5.11 Å². The molecular weight excluding hydrogens is 396 g/mol. The van der Waals surface area contributed by atoms with Gasteiger partial charge in [0.15, 0.2) is 0 Å². The van der Waals surface area contributed by atoms with Crippen LogP contribution in [0.15, 0.2) is 69.7 Å². The van der Waals surface area contributed by atoms with Gasteiger partial charge in [-0.2, -0.15) is 13.5 Å². The van der Waals surface area contributed by atoms with Gasteiger partial charge in [-0.05, 0) is 37.3 Å². The summed E-state index contributed by atoms with van der Waals surface area (Å²) in [6, 6.07) is 13.9. The molecule has 0 aromatic heterocycles. The van der Waals surface area contributed by atoms with Crippen LogP contribution >= 0.6 is 0 Å². The minimum atomic E-state index is -4.50. The molecule has 0 atom stereocenters. The maximum atomic E-state index is 11.8. The van der Waals surface area contributed by atoms with E-state index in [0.29, 0.717) is 27.7 Å². The number of carbonyl (C=O) groups is 1. The van der Waals surface area contributed by atoms with E-state index in [1.54, 1.807) is 55.5 Å². The summed E-state index contributed by atoms with van der Waals surface area (Å²) in [4.78, 5) is 11.4. The highest BCUT2D eigenvalue weighted by atomic mass is 32.2. The van der Waals surface area contributed by atoms with E-state index < -0.39 is 16.1 Å². The van der Waals surface area contributed by atoms with Crippen LogP contribution in [0.4, 0.5) is 17.1 Å². The van der Waals surface area contributed by atoms with Crippen molar-refractivity contribution in [2.24, 2.45) is 16.1 Å². The molecule has 150 valence electrons. The van der Waals surface area contributed by atoms with Crippen molar-refractivity contribution < 1.29 is 22.5 Å². The summed E-state index contributed by atoms with van der Waals surface area (Å²) in [6.07, 6.45) is 0. The molecule has 0 bridgehead atoms. The zero-order valence-corrected chi connectivity index (χ0v) is 16.2. The van der Waals surface area contributed by atoms with Crippen molar-refractivity contribution in [2.45, 2.75) is 11.8 Å². The maximum absolute atomic E-state index is 11.8. The van der Waals surface area contributed by atoms with Gasteiger partial charge in [0.25, 0.3) is 10.1 Å². The quantitative estimate of drug-likeness (QED) is 0.182. The van der Waals surface area contributed by atoms with Crippen LogP contribution in [0.1, 0.15) is 17.3 Å². The van der Waals surface area contributed by atoms with E-state index in [1.165, 1.54) is 6.07 Å². The number of hydrazine groups is 1. The monoisotopic (exact) mass is 414 g/mol. The molecule has 3 aromatic rings. The Morgan fingerprint density at radius 3 is 2.34 bits per heavy atom. The smallest absolute Gasteiger partial charge is 0.338 e. The molecule has 0 amide bonds. The fraction of sp³-hybridized carbons (Fsp3) is 0.105. The summed E-state index contributed by atoms with van der Waals surface area (Å²) in [5, 5.41) is 8.88. The second kappa shape index (κ2) is 8.35. The van der Waals surface area contributed by atoms with Gasteiger partial charge < -0.3 is 10.2 Å². The molecule has 0 saturated heterocycles. The minimum Gasteiger partial charge on any atom is -0.462 e. The molecule has 0 fully saturated rings. The van der Waals surface area contributed by atoms with Crippen molar-refractivity contribution in [1.29, 1.82) is 0 Å². The summed E-state index contributed by atoms with van der Waals surface area (Å²) in [6.45, 7) is 1.99. The highest BCUT2D eigenvalue weighted by Gasteiger charge is 2.19. The summed E-state index contributed by atoms with van der Waals surface area (Å²) < 4.78 is 38.1. The van der Waals surface area contributed by atoms with E-state index in [2.05, 4.69) is 15.7 Å². The molecule has 29 heavy (non-hydrogen) atoms. The molecule has 3 rings (SSSR count). The Balaban J connectivity index is 2.04. The van der Waals surface area contributed by atoms with Gasteiger partial charge in [-0.3, -0.25) is 10.4 Å². The standard InChI is InChI=1S/C19H18N4O5S/c1-2-28-19(24)12-7-9-13(10-8-12)22-23-16-11-17(29(25,26)27)14-5-3-4-6-15(14)18(16)21-20/h3-11,21H,2,20H2,1H3,(H,25,26,27)/b23-22+. The normalized spacial score (nSPS) is 11.7. The molecule has 0 aliphatic heterocycles. The van der Waals surface area contributed by atoms with E-state index >= 15 is 0 Å². The van der Waals surface area contributed by atoms with Crippen LogP contribution in [-0.4, -0.2) is 25.5 Å². The Morgan fingerprint density at radius 2 is 1.76 bits per heavy atom. The number of hydrogen-bond acceptors (Lipinski definition) is 8. The number of hydrogen-bond donors (Lipinski definition) is 3. The van der Waals surface area contributed by atoms with Crippen LogP contribution in [0.3, 0.4) is 0 Å². The molecule has 0 spiro atoms. The first-order chi connectivity index (χ1) is 13.8. The third-order valence-electron chi connectivity index (χ3n) is 4.06. The van der Waals surface area contributed by atoms with E-state index in [-0.39, 0.29) is 17.2 Å². The third kappa shape index (κ3) is 4.40. The number of nitrogen functional groups attached to an aromatic ring is 1. The third-order valence-corrected chi connectivity index (χ3v) is 4.95. The summed E-state index contributed by atoms with van der Waals surface area (Å²) in [5.41, 5.74) is 3.76. The molecular formula is C19H18N4O5S. The molecule has 0 saturated carbocycles. The van der Waals surface area contributed by atoms with Crippen LogP contribution in [0, 0.1) is 0 Å². The first-order valence-electron chi connectivity index (χ1n) is 8.54. The van der Waals surface area contributed by atoms with Gasteiger partial charge in [0.1, 0.15) is 10.6 Å². The summed E-state index contributed by atoms with van der Waals surface area (Å²) >= 11 is 0. The first-order valence-corrected chi connectivity index (χ1v) is 9.98. The number of esters is 1. The van der Waals surface area contributed by atoms with Crippen molar-refractivity contribution in [1.82, 2.24) is 0 Å². The molecule has 0 unspecified atom stereocenters. The molecule has 0 aliphatic carbocycles. The number of fused-ring (bicyclic) bond motifs is 1. The Bertz CT molecular complexity index is 1190. The van der Waals surface area contributed by atoms with Crippen molar-refractivity contribution in [3.63, 3.8) is 0 Å². The Kier molecular flexibility index (Phi) is 5.87. The number of rotatable bonds is 6. The zero-order valence-electron chi connectivity index (χ0n) is 15.4. The first kappa shape index (κ1) is 20.4. The van der Waals surface area contributed by atoms with E-state index in [0.717, 1.165) is 0 Å². The lowest BCUT2D eigenvalue weighted by molar-refractivity contribution is 0.0526. The topological polar surface area (TPSA) is 143 Å². The predicted molar refractivity (Wildman–Crippen MR) is 108 cm³/mol. The molecule has 0 aliphatic rings. The Morgan fingerprint density at radius 1 is 1.10 bits per heavy atom. The second-order valence-electron chi connectivity index (χ2n) is 5.90. The number of benzene rings is 3. The van der Waals surface area contributed by atoms with Crippen LogP contribution in [-0.2, 0) is 14.9 Å². The number of nitrogens with zero attached hydrogens (tertiary/aromatic N) is 2. The van der Waals surface area contributed by atoms with Gasteiger partial charge in [-0.25, -0.2) is 4.79 Å². The van der Waals surface area contributed by atoms with Crippen molar-refractivity contribution >= 4 is 43.9 Å². The maximum Gasteiger partial charge on any atom is 0.338 e. The average molecular weight is 414 g/mol. The highest BCUT2D eigenvalue weighted by Crippen LogP contribution is 2.38. The molecule has 9 nitrogen and oxygen atoms in total. The van der Waals surface area contributed by atoms with Gasteiger partial charge in [0.05, 0.1) is 23.5 Å². The number of azo groups is 1. The molecule has 3 aromatic carbocycles. The molecule has 10 heteroatoms. The lowest BCUT2D eigenvalue weighted by Gasteiger charge is -2.11. The fourth-order valence-electron chi connectivity index (χ4n) is 2.76. The second-order valence-corrected chi connectivity index (χ2v) is 7.29. The van der Waals surface area contributed by atoms with E-state index in [1.807, 2.05) is 0 Å². The Hall–Kier alpha value is -3.34. The molecule has 0 radical (unpaired) electrons. The zero-order chi connectivity index (χ0) is 21.0. The van der Waals surface area contributed by atoms with E-state index in [9.17, 15) is 17.8 Å². The van der Waals surface area contributed by atoms with Crippen LogP contribution in [0.2, 0.25) is 0 Å². The molecule has 0 heterocycles. The SMILES string of the molecule is CCOC(=O)c1ccc(/N=N/c2cc(S(=O)(=O)O)c3ccccc3c2NN)cc1. The van der Waals surface area contributed by atoms with Gasteiger partial charge in [0, 0.05) is 10.8 Å². The largest absolute Gasteiger partial charge is 0.462 e. The van der Waals surface area contributed by atoms with Crippen molar-refractivity contribution in [3.05, 3.63) is 60.2 Å². The van der Waals surface area contributed by atoms with Gasteiger partial charge in [-0.1, -0.05) is 24.3 Å². The summed E-state index contributed by atoms with van der Waals surface area (Å²) in [5.74, 6) is 5.17. The average Bonchev–Trinajstić information content (AvgIpc) is 2.71. The lowest BCUT2D eigenvalue weighted by Crippen LogP contribution is -2.09. The number of anilines is 1. The molecule has 4 N–H and O–H groups in total. The number of ether oxygens (including phenoxy) is 1. The predicted octanol–water partition coefficient (Wildman–Crippen LogP) is 3.96. The summed E-state index contributed by atoms with van der Waals surface area (Å²) in [7, 11) is -4.50. The highest BCUT2D eigenvalue weighted by molar-refractivity contribution is 7.86. The lowest BCUT2D eigenvalue weighted by atomic mass is 10.1. The van der Waals surface area contributed by atoms with Crippen molar-refractivity contribution in [2.75, 3.05) is 12.0 Å². The van der Waals surface area contributed by atoms with Crippen LogP contribution in [0.5, 0.6) is 0 Å².